The smallest absolute Gasteiger partial charge is 0.245 e. The first-order valence-electron chi connectivity index (χ1n) is 7.94. The first-order valence-corrected chi connectivity index (χ1v) is 12.2. The van der Waals surface area contributed by atoms with Gasteiger partial charge in [0.2, 0.25) is 6.43 Å². The second kappa shape index (κ2) is 7.05. The maximum atomic E-state index is 13.5. The van der Waals surface area contributed by atoms with Gasteiger partial charge in [-0.15, -0.1) is 4.72 Å². The number of halogens is 2. The number of rotatable bonds is 8. The van der Waals surface area contributed by atoms with E-state index in [1.807, 2.05) is 47.7 Å². The quantitative estimate of drug-likeness (QED) is 0.527. The van der Waals surface area contributed by atoms with Gasteiger partial charge in [0.15, 0.2) is 8.32 Å². The summed E-state index contributed by atoms with van der Waals surface area (Å²) in [6.07, 6.45) is -1.31. The van der Waals surface area contributed by atoms with E-state index in [9.17, 15) is 13.3 Å². The highest BCUT2D eigenvalue weighted by Gasteiger charge is 2.59. The largest absolute Gasteiger partial charge is 0.598 e. The molecule has 1 aliphatic carbocycles. The van der Waals surface area contributed by atoms with Crippen molar-refractivity contribution in [2.24, 2.45) is 5.41 Å². The van der Waals surface area contributed by atoms with Crippen molar-refractivity contribution in [3.63, 3.8) is 0 Å². The first kappa shape index (κ1) is 20.4. The van der Waals surface area contributed by atoms with Gasteiger partial charge in [-0.1, -0.05) is 0 Å². The molecular formula is C15H31F2NO2SSi. The molecule has 1 saturated carbocycles. The Labute approximate surface area is 138 Å². The molecule has 0 radical (unpaired) electrons. The van der Waals surface area contributed by atoms with Crippen LogP contribution in [-0.4, -0.2) is 36.2 Å². The highest BCUT2D eigenvalue weighted by molar-refractivity contribution is 7.90. The summed E-state index contributed by atoms with van der Waals surface area (Å²) in [6, 6.07) is 0.102. The zero-order chi connectivity index (χ0) is 17.3. The lowest BCUT2D eigenvalue weighted by Gasteiger charge is -2.36. The Hall–Kier alpha value is 0.307. The van der Waals surface area contributed by atoms with Crippen molar-refractivity contribution in [1.82, 2.24) is 4.72 Å². The molecule has 1 fully saturated rings. The van der Waals surface area contributed by atoms with Gasteiger partial charge < -0.3 is 8.98 Å². The SMILES string of the molecule is CC(C)O[Si](C)(C)C[C@@H](N[S+]([O-])C(C)(C)C)C1(C(F)F)CC1. The predicted octanol–water partition coefficient (Wildman–Crippen LogP) is 4.08. The fourth-order valence-electron chi connectivity index (χ4n) is 2.71. The minimum atomic E-state index is -2.38. The van der Waals surface area contributed by atoms with Crippen LogP contribution in [0, 0.1) is 5.41 Å². The van der Waals surface area contributed by atoms with E-state index >= 15 is 0 Å². The Kier molecular flexibility index (Phi) is 6.52. The number of hydrogen-bond donors (Lipinski definition) is 1. The number of hydrogen-bond acceptors (Lipinski definition) is 3. The normalized spacial score (nSPS) is 21.3. The maximum Gasteiger partial charge on any atom is 0.245 e. The van der Waals surface area contributed by atoms with Crippen molar-refractivity contribution in [2.45, 2.75) is 89.9 Å². The standard InChI is InChI=1S/C15H31F2NO2SSi/c1-11(2)20-22(6,7)10-12(15(8-9-15)13(16)17)18-21(19)14(3,4)5/h11-13,18H,8-10H2,1-7H3/t12-,21?/m1/s1. The van der Waals surface area contributed by atoms with Crippen molar-refractivity contribution in [1.29, 1.82) is 0 Å². The van der Waals surface area contributed by atoms with E-state index < -0.39 is 42.3 Å². The average Bonchev–Trinajstić information content (AvgIpc) is 3.04. The topological polar surface area (TPSA) is 44.3 Å². The molecule has 22 heavy (non-hydrogen) atoms. The summed E-state index contributed by atoms with van der Waals surface area (Å²) >= 11 is -1.35. The van der Waals surface area contributed by atoms with Crippen LogP contribution in [0.4, 0.5) is 8.78 Å². The lowest BCUT2D eigenvalue weighted by molar-refractivity contribution is 0.0448. The Morgan fingerprint density at radius 1 is 1.27 bits per heavy atom. The van der Waals surface area contributed by atoms with E-state index in [2.05, 4.69) is 4.72 Å². The molecule has 0 aromatic rings. The van der Waals surface area contributed by atoms with Gasteiger partial charge in [-0.05, 0) is 66.6 Å². The summed E-state index contributed by atoms with van der Waals surface area (Å²) in [6.45, 7) is 13.6. The summed E-state index contributed by atoms with van der Waals surface area (Å²) in [5.74, 6) is 0. The summed E-state index contributed by atoms with van der Waals surface area (Å²) < 4.78 is 48.0. The van der Waals surface area contributed by atoms with E-state index in [0.717, 1.165) is 0 Å². The summed E-state index contributed by atoms with van der Waals surface area (Å²) in [4.78, 5) is 0. The van der Waals surface area contributed by atoms with E-state index in [0.29, 0.717) is 18.9 Å². The second-order valence-corrected chi connectivity index (χ2v) is 14.4. The molecule has 0 aromatic heterocycles. The molecule has 0 aliphatic heterocycles. The Balaban J connectivity index is 2.89. The molecule has 2 atom stereocenters. The molecule has 0 saturated heterocycles. The maximum absolute atomic E-state index is 13.5. The summed E-state index contributed by atoms with van der Waals surface area (Å²) in [7, 11) is -2.10. The molecule has 0 amide bonds. The monoisotopic (exact) mass is 355 g/mol. The minimum absolute atomic E-state index is 0.0807. The van der Waals surface area contributed by atoms with Crippen LogP contribution in [0.25, 0.3) is 0 Å². The Morgan fingerprint density at radius 3 is 2.09 bits per heavy atom. The van der Waals surface area contributed by atoms with Crippen molar-refractivity contribution in [3.8, 4) is 0 Å². The van der Waals surface area contributed by atoms with E-state index in [-0.39, 0.29) is 6.10 Å². The van der Waals surface area contributed by atoms with Crippen LogP contribution in [0.3, 0.4) is 0 Å². The number of nitrogens with one attached hydrogen (secondary N) is 1. The fourth-order valence-corrected chi connectivity index (χ4v) is 6.65. The lowest BCUT2D eigenvalue weighted by atomic mass is 9.99. The van der Waals surface area contributed by atoms with Crippen LogP contribution in [0.15, 0.2) is 0 Å². The van der Waals surface area contributed by atoms with Crippen LogP contribution >= 0.6 is 0 Å². The molecule has 0 heterocycles. The van der Waals surface area contributed by atoms with Crippen molar-refractivity contribution in [3.05, 3.63) is 0 Å². The summed E-state index contributed by atoms with van der Waals surface area (Å²) in [5, 5.41) is 0. The van der Waals surface area contributed by atoms with Gasteiger partial charge in [-0.3, -0.25) is 0 Å². The van der Waals surface area contributed by atoms with Gasteiger partial charge in [-0.25, -0.2) is 8.78 Å². The van der Waals surface area contributed by atoms with Gasteiger partial charge in [0.25, 0.3) is 0 Å². The third kappa shape index (κ3) is 5.44. The van der Waals surface area contributed by atoms with Crippen LogP contribution < -0.4 is 4.72 Å². The molecule has 0 aromatic carbocycles. The number of alkyl halides is 2. The van der Waals surface area contributed by atoms with E-state index in [1.165, 1.54) is 0 Å². The fraction of sp³-hybridized carbons (Fsp3) is 1.00. The molecule has 0 bridgehead atoms. The summed E-state index contributed by atoms with van der Waals surface area (Å²) in [5.41, 5.74) is -1.02. The van der Waals surface area contributed by atoms with Gasteiger partial charge in [0.05, 0.1) is 11.5 Å². The molecule has 0 spiro atoms. The Bertz CT molecular complexity index is 371. The van der Waals surface area contributed by atoms with Gasteiger partial charge in [-0.2, -0.15) is 0 Å². The average molecular weight is 356 g/mol. The molecule has 1 unspecified atom stereocenters. The highest BCUT2D eigenvalue weighted by atomic mass is 32.2. The first-order chi connectivity index (χ1) is 9.80. The molecule has 3 nitrogen and oxygen atoms in total. The molecule has 1 N–H and O–H groups in total. The van der Waals surface area contributed by atoms with Crippen LogP contribution in [0.5, 0.6) is 0 Å². The van der Waals surface area contributed by atoms with Crippen LogP contribution in [-0.2, 0) is 15.8 Å². The van der Waals surface area contributed by atoms with Crippen molar-refractivity contribution >= 4 is 19.7 Å². The molecular weight excluding hydrogens is 324 g/mol. The van der Waals surface area contributed by atoms with Crippen molar-refractivity contribution in [2.75, 3.05) is 0 Å². The minimum Gasteiger partial charge on any atom is -0.598 e. The molecule has 7 heteroatoms. The van der Waals surface area contributed by atoms with E-state index in [4.69, 9.17) is 4.43 Å². The van der Waals surface area contributed by atoms with Gasteiger partial charge >= 0.3 is 0 Å². The molecule has 1 rings (SSSR count). The third-order valence-corrected chi connectivity index (χ3v) is 8.12. The zero-order valence-corrected chi connectivity index (χ0v) is 16.7. The predicted molar refractivity (Wildman–Crippen MR) is 91.0 cm³/mol. The third-order valence-electron chi connectivity index (χ3n) is 4.01. The zero-order valence-electron chi connectivity index (χ0n) is 14.8. The highest BCUT2D eigenvalue weighted by Crippen LogP contribution is 2.55. The molecule has 1 aliphatic rings. The van der Waals surface area contributed by atoms with Gasteiger partial charge in [0, 0.05) is 17.5 Å². The van der Waals surface area contributed by atoms with Crippen LogP contribution in [0.1, 0.15) is 47.5 Å². The van der Waals surface area contributed by atoms with E-state index in [1.54, 1.807) is 0 Å². The van der Waals surface area contributed by atoms with Gasteiger partial charge in [0.1, 0.15) is 4.75 Å². The Morgan fingerprint density at radius 2 is 1.77 bits per heavy atom. The van der Waals surface area contributed by atoms with Crippen molar-refractivity contribution < 1.29 is 17.8 Å². The van der Waals surface area contributed by atoms with Crippen LogP contribution in [0.2, 0.25) is 19.1 Å². The second-order valence-electron chi connectivity index (χ2n) is 8.22. The lowest BCUT2D eigenvalue weighted by Crippen LogP contribution is -2.53. The molecule has 132 valence electrons.